The van der Waals surface area contributed by atoms with E-state index < -0.39 is 0 Å². The number of nitrogens with one attached hydrogen (secondary N) is 3. The fraction of sp³-hybridized carbons (Fsp3) is 0.133. The van der Waals surface area contributed by atoms with E-state index in [1.165, 1.54) is 0 Å². The van der Waals surface area contributed by atoms with Gasteiger partial charge in [-0.2, -0.15) is 10.2 Å². The molecule has 0 saturated carbocycles. The third kappa shape index (κ3) is 3.51. The number of H-pyrrole nitrogens is 1. The smallest absolute Gasteiger partial charge is 0.308 e. The molecule has 22 heavy (non-hydrogen) atoms. The van der Waals surface area contributed by atoms with Gasteiger partial charge in [0.2, 0.25) is 0 Å². The van der Waals surface area contributed by atoms with Gasteiger partial charge in [0.25, 0.3) is 0 Å². The lowest BCUT2D eigenvalue weighted by Crippen LogP contribution is -2.19. The molecule has 0 radical (unpaired) electrons. The molecule has 3 N–H and O–H groups in total. The Bertz CT molecular complexity index is 745. The average molecular weight is 296 g/mol. The molecule has 7 heteroatoms. The Morgan fingerprint density at radius 1 is 1.27 bits per heavy atom. The first-order valence-corrected chi connectivity index (χ1v) is 6.85. The van der Waals surface area contributed by atoms with Crippen molar-refractivity contribution < 1.29 is 4.79 Å². The standard InChI is InChI=1S/C15H16N6O/c1-11-9-14(20-19-11)18-15(22)17-13-5-3-12(4-6-13)10-21-8-2-7-16-21/h2-9H,10H2,1H3,(H3,17,18,19,20,22). The van der Waals surface area contributed by atoms with Gasteiger partial charge in [-0.25, -0.2) is 4.79 Å². The van der Waals surface area contributed by atoms with Gasteiger partial charge in [0.15, 0.2) is 5.82 Å². The predicted octanol–water partition coefficient (Wildman–Crippen LogP) is 2.61. The van der Waals surface area contributed by atoms with Crippen molar-refractivity contribution in [3.63, 3.8) is 0 Å². The SMILES string of the molecule is Cc1cc(NC(=O)Nc2ccc(Cn3cccn3)cc2)n[nH]1. The maximum atomic E-state index is 11.8. The summed E-state index contributed by atoms with van der Waals surface area (Å²) in [5.74, 6) is 0.491. The number of carbonyl (C=O) groups is 1. The molecule has 2 amide bonds. The van der Waals surface area contributed by atoms with Crippen molar-refractivity contribution >= 4 is 17.5 Å². The van der Waals surface area contributed by atoms with E-state index in [-0.39, 0.29) is 6.03 Å². The maximum absolute atomic E-state index is 11.8. The van der Waals surface area contributed by atoms with Gasteiger partial charge in [-0.1, -0.05) is 12.1 Å². The molecule has 0 aliphatic heterocycles. The van der Waals surface area contributed by atoms with Crippen molar-refractivity contribution in [1.29, 1.82) is 0 Å². The molecule has 1 aromatic carbocycles. The van der Waals surface area contributed by atoms with Gasteiger partial charge in [0.1, 0.15) is 0 Å². The molecule has 0 fully saturated rings. The van der Waals surface area contributed by atoms with Crippen LogP contribution in [0.5, 0.6) is 0 Å². The number of hydrogen-bond donors (Lipinski definition) is 3. The van der Waals surface area contributed by atoms with Crippen molar-refractivity contribution in [3.05, 3.63) is 60.0 Å². The molecular formula is C15H16N6O. The topological polar surface area (TPSA) is 87.6 Å². The van der Waals surface area contributed by atoms with E-state index in [9.17, 15) is 4.79 Å². The van der Waals surface area contributed by atoms with Crippen LogP contribution < -0.4 is 10.6 Å². The molecule has 0 unspecified atom stereocenters. The molecule has 3 aromatic rings. The van der Waals surface area contributed by atoms with E-state index in [0.717, 1.165) is 11.3 Å². The third-order valence-electron chi connectivity index (χ3n) is 3.06. The zero-order chi connectivity index (χ0) is 15.4. The van der Waals surface area contributed by atoms with E-state index in [2.05, 4.69) is 25.9 Å². The summed E-state index contributed by atoms with van der Waals surface area (Å²) >= 11 is 0. The van der Waals surface area contributed by atoms with Crippen molar-refractivity contribution in [3.8, 4) is 0 Å². The summed E-state index contributed by atoms with van der Waals surface area (Å²) in [5.41, 5.74) is 2.71. The first-order chi connectivity index (χ1) is 10.7. The molecule has 0 aliphatic rings. The number of carbonyl (C=O) groups excluding carboxylic acids is 1. The van der Waals surface area contributed by atoms with Crippen LogP contribution in [-0.2, 0) is 6.54 Å². The minimum atomic E-state index is -0.327. The summed E-state index contributed by atoms with van der Waals surface area (Å²) in [5, 5.41) is 16.3. The quantitative estimate of drug-likeness (QED) is 0.691. The molecule has 0 atom stereocenters. The first-order valence-electron chi connectivity index (χ1n) is 6.85. The number of benzene rings is 1. The fourth-order valence-electron chi connectivity index (χ4n) is 2.04. The highest BCUT2D eigenvalue weighted by molar-refractivity contribution is 5.99. The average Bonchev–Trinajstić information content (AvgIpc) is 3.13. The number of nitrogens with zero attached hydrogens (tertiary/aromatic N) is 3. The number of anilines is 2. The molecule has 2 aromatic heterocycles. The zero-order valence-electron chi connectivity index (χ0n) is 12.1. The summed E-state index contributed by atoms with van der Waals surface area (Å²) in [6.07, 6.45) is 3.66. The van der Waals surface area contributed by atoms with Crippen LogP contribution in [0.15, 0.2) is 48.8 Å². The summed E-state index contributed by atoms with van der Waals surface area (Å²) in [4.78, 5) is 11.8. The minimum absolute atomic E-state index is 0.327. The molecule has 0 bridgehead atoms. The first kappa shape index (κ1) is 13.9. The molecule has 0 saturated heterocycles. The van der Waals surface area contributed by atoms with Gasteiger partial charge in [-0.15, -0.1) is 0 Å². The van der Waals surface area contributed by atoms with E-state index in [0.29, 0.717) is 18.1 Å². The highest BCUT2D eigenvalue weighted by Crippen LogP contribution is 2.11. The molecule has 0 spiro atoms. The maximum Gasteiger partial charge on any atom is 0.324 e. The normalized spacial score (nSPS) is 10.4. The zero-order valence-corrected chi connectivity index (χ0v) is 12.1. The summed E-state index contributed by atoms with van der Waals surface area (Å²) in [7, 11) is 0. The van der Waals surface area contributed by atoms with Crippen molar-refractivity contribution in [2.24, 2.45) is 0 Å². The summed E-state index contributed by atoms with van der Waals surface area (Å²) < 4.78 is 1.84. The third-order valence-corrected chi connectivity index (χ3v) is 3.06. The van der Waals surface area contributed by atoms with Crippen molar-refractivity contribution in [2.45, 2.75) is 13.5 Å². The molecular weight excluding hydrogens is 280 g/mol. The Kier molecular flexibility index (Phi) is 3.86. The van der Waals surface area contributed by atoms with Crippen LogP contribution in [0.4, 0.5) is 16.3 Å². The molecule has 7 nitrogen and oxygen atoms in total. The lowest BCUT2D eigenvalue weighted by Gasteiger charge is -2.07. The van der Waals surface area contributed by atoms with Crippen LogP contribution in [0.2, 0.25) is 0 Å². The van der Waals surface area contributed by atoms with Crippen molar-refractivity contribution in [2.75, 3.05) is 10.6 Å². The summed E-state index contributed by atoms with van der Waals surface area (Å²) in [6.45, 7) is 2.57. The molecule has 3 rings (SSSR count). The number of rotatable bonds is 4. The van der Waals surface area contributed by atoms with Gasteiger partial charge in [-0.05, 0) is 30.7 Å². The van der Waals surface area contributed by atoms with Crippen LogP contribution in [-0.4, -0.2) is 26.0 Å². The molecule has 2 heterocycles. The van der Waals surface area contributed by atoms with Crippen LogP contribution in [0, 0.1) is 6.92 Å². The van der Waals surface area contributed by atoms with Crippen LogP contribution in [0.25, 0.3) is 0 Å². The second kappa shape index (κ2) is 6.13. The number of amides is 2. The monoisotopic (exact) mass is 296 g/mol. The number of aryl methyl sites for hydroxylation is 1. The Balaban J connectivity index is 1.57. The molecule has 112 valence electrons. The Morgan fingerprint density at radius 2 is 2.09 bits per heavy atom. The summed E-state index contributed by atoms with van der Waals surface area (Å²) in [6, 6.07) is 10.9. The Morgan fingerprint density at radius 3 is 2.73 bits per heavy atom. The fourth-order valence-corrected chi connectivity index (χ4v) is 2.04. The number of aromatic amines is 1. The highest BCUT2D eigenvalue weighted by atomic mass is 16.2. The van der Waals surface area contributed by atoms with Crippen LogP contribution in [0.1, 0.15) is 11.3 Å². The van der Waals surface area contributed by atoms with Gasteiger partial charge >= 0.3 is 6.03 Å². The Hall–Kier alpha value is -3.09. The van der Waals surface area contributed by atoms with Gasteiger partial charge in [0.05, 0.1) is 6.54 Å². The Labute approximate surface area is 127 Å². The molecule has 0 aliphatic carbocycles. The van der Waals surface area contributed by atoms with Gasteiger partial charge in [-0.3, -0.25) is 15.1 Å². The van der Waals surface area contributed by atoms with E-state index in [1.54, 1.807) is 12.3 Å². The largest absolute Gasteiger partial charge is 0.324 e. The number of aromatic nitrogens is 4. The van der Waals surface area contributed by atoms with E-state index in [1.807, 2.05) is 48.1 Å². The van der Waals surface area contributed by atoms with Crippen molar-refractivity contribution in [1.82, 2.24) is 20.0 Å². The second-order valence-electron chi connectivity index (χ2n) is 4.92. The number of urea groups is 1. The minimum Gasteiger partial charge on any atom is -0.308 e. The highest BCUT2D eigenvalue weighted by Gasteiger charge is 2.05. The lowest BCUT2D eigenvalue weighted by atomic mass is 10.2. The van der Waals surface area contributed by atoms with Gasteiger partial charge < -0.3 is 5.32 Å². The van der Waals surface area contributed by atoms with Crippen LogP contribution >= 0.6 is 0 Å². The van der Waals surface area contributed by atoms with Gasteiger partial charge in [0, 0.05) is 29.8 Å². The predicted molar refractivity (Wildman–Crippen MR) is 83.7 cm³/mol. The second-order valence-corrected chi connectivity index (χ2v) is 4.92. The van der Waals surface area contributed by atoms with Crippen LogP contribution in [0.3, 0.4) is 0 Å². The number of hydrogen-bond acceptors (Lipinski definition) is 3. The van der Waals surface area contributed by atoms with E-state index in [4.69, 9.17) is 0 Å². The lowest BCUT2D eigenvalue weighted by molar-refractivity contribution is 0.262. The van der Waals surface area contributed by atoms with E-state index >= 15 is 0 Å².